The van der Waals surface area contributed by atoms with E-state index in [0.29, 0.717) is 6.07 Å². The van der Waals surface area contributed by atoms with Gasteiger partial charge in [0.15, 0.2) is 5.82 Å². The van der Waals surface area contributed by atoms with Crippen LogP contribution in [0.5, 0.6) is 5.75 Å². The number of aromatic amines is 1. The molecule has 1 N–H and O–H groups in total. The molecule has 0 unspecified atom stereocenters. The van der Waals surface area contributed by atoms with E-state index >= 15 is 0 Å². The van der Waals surface area contributed by atoms with Gasteiger partial charge in [0, 0.05) is 18.0 Å². The van der Waals surface area contributed by atoms with Crippen LogP contribution in [0.25, 0.3) is 33.7 Å². The number of fused-ring (bicyclic) bond motifs is 1. The molecule has 0 saturated carbocycles. The van der Waals surface area contributed by atoms with Crippen LogP contribution in [0.1, 0.15) is 37.6 Å². The molecule has 0 radical (unpaired) electrons. The van der Waals surface area contributed by atoms with Crippen LogP contribution in [0.2, 0.25) is 0 Å². The fourth-order valence-electron chi connectivity index (χ4n) is 4.11. The van der Waals surface area contributed by atoms with Crippen LogP contribution in [-0.2, 0) is 24.8 Å². The number of para-hydroxylation sites is 1. The average molecular weight is 550 g/mol. The second kappa shape index (κ2) is 8.67. The number of alkyl halides is 9. The monoisotopic (exact) mass is 550 g/mol. The molecule has 2 aromatic carbocycles. The molecule has 0 aliphatic heterocycles. The van der Waals surface area contributed by atoms with Gasteiger partial charge < -0.3 is 9.72 Å². The van der Waals surface area contributed by atoms with Crippen molar-refractivity contribution in [1.82, 2.24) is 19.7 Å². The van der Waals surface area contributed by atoms with E-state index in [1.807, 2.05) is 0 Å². The third kappa shape index (κ3) is 5.16. The molecule has 0 aliphatic carbocycles. The largest absolute Gasteiger partial charge is 0.573 e. The zero-order chi connectivity index (χ0) is 28.4. The fraction of sp³-hybridized carbons (Fsp3) is 0.333. The fourth-order valence-corrected chi connectivity index (χ4v) is 4.11. The van der Waals surface area contributed by atoms with E-state index in [1.165, 1.54) is 40.0 Å². The van der Waals surface area contributed by atoms with E-state index in [0.717, 1.165) is 22.9 Å². The van der Waals surface area contributed by atoms with Gasteiger partial charge >= 0.3 is 18.7 Å². The van der Waals surface area contributed by atoms with Gasteiger partial charge in [-0.15, -0.1) is 13.2 Å². The first kappa shape index (κ1) is 27.3. The third-order valence-corrected chi connectivity index (χ3v) is 5.58. The maximum Gasteiger partial charge on any atom is 0.573 e. The SMILES string of the molecule is Cn1nc(C(C)(C)C)c(C(F)(F)F)c1-c1nc2c(C(F)(F)F)cc(-c3ccccc3OC(F)(F)F)cc2[nH]1. The maximum absolute atomic E-state index is 14.1. The molecule has 0 saturated heterocycles. The van der Waals surface area contributed by atoms with Gasteiger partial charge in [-0.2, -0.15) is 31.4 Å². The summed E-state index contributed by atoms with van der Waals surface area (Å²) in [4.78, 5) is 6.33. The number of benzene rings is 2. The van der Waals surface area contributed by atoms with Crippen molar-refractivity contribution >= 4 is 11.0 Å². The van der Waals surface area contributed by atoms with E-state index in [1.54, 1.807) is 0 Å². The van der Waals surface area contributed by atoms with Crippen molar-refractivity contribution in [2.45, 2.75) is 44.9 Å². The minimum Gasteiger partial charge on any atom is -0.405 e. The Labute approximate surface area is 209 Å². The molecule has 2 aromatic heterocycles. The number of nitrogens with zero attached hydrogens (tertiary/aromatic N) is 3. The summed E-state index contributed by atoms with van der Waals surface area (Å²) < 4.78 is 128. The van der Waals surface area contributed by atoms with Crippen LogP contribution < -0.4 is 4.74 Å². The normalized spacial score (nSPS) is 13.4. The predicted octanol–water partition coefficient (Wildman–Crippen LogP) is 7.86. The maximum atomic E-state index is 14.1. The highest BCUT2D eigenvalue weighted by molar-refractivity contribution is 5.89. The zero-order valence-electron chi connectivity index (χ0n) is 20.1. The van der Waals surface area contributed by atoms with E-state index < -0.39 is 58.0 Å². The number of hydrogen-bond donors (Lipinski definition) is 1. The Balaban J connectivity index is 2.01. The van der Waals surface area contributed by atoms with E-state index in [9.17, 15) is 39.5 Å². The lowest BCUT2D eigenvalue weighted by atomic mass is 9.88. The summed E-state index contributed by atoms with van der Waals surface area (Å²) in [5, 5.41) is 3.97. The van der Waals surface area contributed by atoms with Crippen molar-refractivity contribution in [3.05, 3.63) is 53.2 Å². The number of halogens is 9. The summed E-state index contributed by atoms with van der Waals surface area (Å²) >= 11 is 0. The van der Waals surface area contributed by atoms with E-state index in [-0.39, 0.29) is 22.3 Å². The number of nitrogens with one attached hydrogen (secondary N) is 1. The van der Waals surface area contributed by atoms with E-state index in [4.69, 9.17) is 0 Å². The van der Waals surface area contributed by atoms with Crippen molar-refractivity contribution < 1.29 is 44.3 Å². The smallest absolute Gasteiger partial charge is 0.405 e. The molecule has 2 heterocycles. The van der Waals surface area contributed by atoms with Crippen LogP contribution in [0.4, 0.5) is 39.5 Å². The van der Waals surface area contributed by atoms with Gasteiger partial charge in [-0.05, 0) is 23.8 Å². The Morgan fingerprint density at radius 2 is 1.50 bits per heavy atom. The first-order chi connectivity index (χ1) is 17.3. The molecule has 0 atom stereocenters. The lowest BCUT2D eigenvalue weighted by Crippen LogP contribution is -2.19. The van der Waals surface area contributed by atoms with Gasteiger partial charge in [-0.25, -0.2) is 4.98 Å². The topological polar surface area (TPSA) is 55.7 Å². The lowest BCUT2D eigenvalue weighted by Gasteiger charge is -2.19. The Morgan fingerprint density at radius 1 is 0.868 bits per heavy atom. The van der Waals surface area contributed by atoms with Crippen LogP contribution in [0.3, 0.4) is 0 Å². The molecular formula is C24H19F9N4O. The summed E-state index contributed by atoms with van der Waals surface area (Å²) in [5.41, 5.74) is -6.22. The van der Waals surface area contributed by atoms with Crippen LogP contribution in [0.15, 0.2) is 36.4 Å². The highest BCUT2D eigenvalue weighted by atomic mass is 19.4. The van der Waals surface area contributed by atoms with Crippen LogP contribution in [0, 0.1) is 0 Å². The molecule has 0 spiro atoms. The highest BCUT2D eigenvalue weighted by Crippen LogP contribution is 2.45. The molecular weight excluding hydrogens is 531 g/mol. The van der Waals surface area contributed by atoms with Gasteiger partial charge in [-0.1, -0.05) is 39.0 Å². The van der Waals surface area contributed by atoms with Crippen molar-refractivity contribution in [2.75, 3.05) is 0 Å². The second-order valence-corrected chi connectivity index (χ2v) is 9.49. The Hall–Kier alpha value is -3.71. The number of rotatable bonds is 3. The van der Waals surface area contributed by atoms with Crippen molar-refractivity contribution in [3.8, 4) is 28.4 Å². The van der Waals surface area contributed by atoms with Gasteiger partial charge in [0.1, 0.15) is 22.5 Å². The standard InChI is InChI=1S/C24H19F9N4O/c1-21(2,3)19-16(23(28,29)30)18(37(4)36-19)20-34-14-10-11(9-13(17(14)35-20)22(25,26)27)12-7-5-6-8-15(12)38-24(31,32)33/h5-10H,1-4H3,(H,34,35). The predicted molar refractivity (Wildman–Crippen MR) is 119 cm³/mol. The first-order valence-electron chi connectivity index (χ1n) is 10.9. The molecule has 0 bridgehead atoms. The quantitative estimate of drug-likeness (QED) is 0.264. The van der Waals surface area contributed by atoms with Crippen LogP contribution in [-0.4, -0.2) is 26.1 Å². The summed E-state index contributed by atoms with van der Waals surface area (Å²) in [5.74, 6) is -1.30. The minimum atomic E-state index is -5.12. The molecule has 0 aliphatic rings. The molecule has 204 valence electrons. The molecule has 4 rings (SSSR count). The number of aryl methyl sites for hydroxylation is 1. The zero-order valence-corrected chi connectivity index (χ0v) is 20.1. The van der Waals surface area contributed by atoms with Crippen molar-refractivity contribution in [3.63, 3.8) is 0 Å². The first-order valence-corrected chi connectivity index (χ1v) is 10.9. The molecule has 0 fully saturated rings. The van der Waals surface area contributed by atoms with Gasteiger partial charge in [0.2, 0.25) is 0 Å². The highest BCUT2D eigenvalue weighted by Gasteiger charge is 2.44. The number of hydrogen-bond acceptors (Lipinski definition) is 3. The van der Waals surface area contributed by atoms with Crippen molar-refractivity contribution in [1.29, 1.82) is 0 Å². The molecule has 4 aromatic rings. The summed E-state index contributed by atoms with van der Waals surface area (Å²) in [6.45, 7) is 4.50. The number of H-pyrrole nitrogens is 1. The van der Waals surface area contributed by atoms with Crippen LogP contribution >= 0.6 is 0 Å². The average Bonchev–Trinajstić information content (AvgIpc) is 3.31. The van der Waals surface area contributed by atoms with Gasteiger partial charge in [0.05, 0.1) is 16.8 Å². The van der Waals surface area contributed by atoms with Crippen molar-refractivity contribution in [2.24, 2.45) is 7.05 Å². The Bertz CT molecular complexity index is 1500. The molecule has 14 heteroatoms. The molecule has 5 nitrogen and oxygen atoms in total. The van der Waals surface area contributed by atoms with Gasteiger partial charge in [-0.3, -0.25) is 4.68 Å². The summed E-state index contributed by atoms with van der Waals surface area (Å²) in [6.07, 6.45) is -15.1. The molecule has 38 heavy (non-hydrogen) atoms. The van der Waals surface area contributed by atoms with Gasteiger partial charge in [0.25, 0.3) is 0 Å². The van der Waals surface area contributed by atoms with E-state index in [2.05, 4.69) is 19.8 Å². The second-order valence-electron chi connectivity index (χ2n) is 9.49. The Morgan fingerprint density at radius 3 is 2.05 bits per heavy atom. The number of imidazole rings is 1. The Kier molecular flexibility index (Phi) is 6.23. The third-order valence-electron chi connectivity index (χ3n) is 5.58. The number of aromatic nitrogens is 4. The lowest BCUT2D eigenvalue weighted by molar-refractivity contribution is -0.274. The summed E-state index contributed by atoms with van der Waals surface area (Å²) in [7, 11) is 1.20. The minimum absolute atomic E-state index is 0.320. The molecule has 0 amide bonds. The number of ether oxygens (including phenoxy) is 1. The summed E-state index contributed by atoms with van der Waals surface area (Å²) in [6, 6.07) is 6.19.